The summed E-state index contributed by atoms with van der Waals surface area (Å²) in [5, 5.41) is 9.49. The van der Waals surface area contributed by atoms with Crippen molar-refractivity contribution in [3.8, 4) is 22.9 Å². The molecule has 0 unspecified atom stereocenters. The summed E-state index contributed by atoms with van der Waals surface area (Å²) in [4.78, 5) is 14.6. The third-order valence-corrected chi connectivity index (χ3v) is 6.77. The summed E-state index contributed by atoms with van der Waals surface area (Å²) >= 11 is 1.39. The summed E-state index contributed by atoms with van der Waals surface area (Å²) < 4.78 is 13.2. The highest BCUT2D eigenvalue weighted by Gasteiger charge is 2.19. The van der Waals surface area contributed by atoms with Gasteiger partial charge in [0.15, 0.2) is 22.5 Å². The standard InChI is InChI=1S/C27H32N4O3S/c1-6-13-31-25(20-8-10-21(11-9-20)27(2,3)4)28-29-26(31)35-18-24(32)30(5)17-19-7-12-22-23(16-19)34-15-14-33-22/h6-12,16H,1,13-15,17-18H2,2-5H3. The number of hydrogen-bond donors (Lipinski definition) is 0. The molecule has 1 amide bonds. The van der Waals surface area contributed by atoms with E-state index in [1.165, 1.54) is 17.3 Å². The predicted molar refractivity (Wildman–Crippen MR) is 139 cm³/mol. The van der Waals surface area contributed by atoms with Crippen LogP contribution in [0.15, 0.2) is 60.3 Å². The number of benzene rings is 2. The molecule has 0 aliphatic carbocycles. The quantitative estimate of drug-likeness (QED) is 0.327. The number of ether oxygens (including phenoxy) is 2. The minimum Gasteiger partial charge on any atom is -0.486 e. The molecule has 2 heterocycles. The Morgan fingerprint density at radius 3 is 2.51 bits per heavy atom. The number of thioether (sulfide) groups is 1. The first-order chi connectivity index (χ1) is 16.8. The minimum atomic E-state index is 0.00845. The van der Waals surface area contributed by atoms with Crippen molar-refractivity contribution in [3.05, 3.63) is 66.2 Å². The third kappa shape index (κ3) is 5.88. The van der Waals surface area contributed by atoms with E-state index in [9.17, 15) is 4.79 Å². The van der Waals surface area contributed by atoms with Crippen LogP contribution < -0.4 is 9.47 Å². The van der Waals surface area contributed by atoms with E-state index in [4.69, 9.17) is 9.47 Å². The molecule has 4 rings (SSSR count). The van der Waals surface area contributed by atoms with Gasteiger partial charge in [-0.25, -0.2) is 0 Å². The van der Waals surface area contributed by atoms with Gasteiger partial charge in [-0.15, -0.1) is 16.8 Å². The molecule has 35 heavy (non-hydrogen) atoms. The fraction of sp³-hybridized carbons (Fsp3) is 0.370. The Hall–Kier alpha value is -3.26. The molecule has 0 fully saturated rings. The highest BCUT2D eigenvalue weighted by atomic mass is 32.2. The molecule has 0 N–H and O–H groups in total. The summed E-state index contributed by atoms with van der Waals surface area (Å²) in [6, 6.07) is 14.2. The number of allylic oxidation sites excluding steroid dienone is 1. The number of fused-ring (bicyclic) bond motifs is 1. The van der Waals surface area contributed by atoms with Crippen molar-refractivity contribution < 1.29 is 14.3 Å². The van der Waals surface area contributed by atoms with E-state index in [0.717, 1.165) is 28.5 Å². The lowest BCUT2D eigenvalue weighted by Crippen LogP contribution is -2.28. The number of rotatable bonds is 8. The molecule has 184 valence electrons. The Morgan fingerprint density at radius 2 is 1.83 bits per heavy atom. The Balaban J connectivity index is 1.42. The first-order valence-electron chi connectivity index (χ1n) is 11.7. The Kier molecular flexibility index (Phi) is 7.50. The number of hydrogen-bond acceptors (Lipinski definition) is 6. The average Bonchev–Trinajstić information content (AvgIpc) is 3.24. The lowest BCUT2D eigenvalue weighted by molar-refractivity contribution is -0.127. The van der Waals surface area contributed by atoms with Crippen LogP contribution >= 0.6 is 11.8 Å². The van der Waals surface area contributed by atoms with Gasteiger partial charge in [0.25, 0.3) is 0 Å². The van der Waals surface area contributed by atoms with E-state index in [2.05, 4.69) is 61.8 Å². The molecule has 3 aromatic rings. The number of carbonyl (C=O) groups is 1. The average molecular weight is 493 g/mol. The van der Waals surface area contributed by atoms with Gasteiger partial charge < -0.3 is 14.4 Å². The number of nitrogens with zero attached hydrogens (tertiary/aromatic N) is 4. The van der Waals surface area contributed by atoms with Crippen LogP contribution in [0.25, 0.3) is 11.4 Å². The van der Waals surface area contributed by atoms with Crippen LogP contribution in [-0.2, 0) is 23.3 Å². The van der Waals surface area contributed by atoms with Crippen LogP contribution in [0, 0.1) is 0 Å². The zero-order valence-electron chi connectivity index (χ0n) is 20.8. The Morgan fingerprint density at radius 1 is 1.11 bits per heavy atom. The highest BCUT2D eigenvalue weighted by Crippen LogP contribution is 2.31. The Labute approximate surface area is 211 Å². The molecular weight excluding hydrogens is 460 g/mol. The van der Waals surface area contributed by atoms with Crippen molar-refractivity contribution in [2.24, 2.45) is 0 Å². The number of aromatic nitrogens is 3. The van der Waals surface area contributed by atoms with Gasteiger partial charge in [-0.1, -0.05) is 68.9 Å². The molecular formula is C27H32N4O3S. The van der Waals surface area contributed by atoms with Crippen molar-refractivity contribution >= 4 is 17.7 Å². The van der Waals surface area contributed by atoms with Crippen molar-refractivity contribution in [2.75, 3.05) is 26.0 Å². The molecule has 1 aromatic heterocycles. The maximum absolute atomic E-state index is 12.9. The smallest absolute Gasteiger partial charge is 0.233 e. The fourth-order valence-corrected chi connectivity index (χ4v) is 4.70. The molecule has 0 bridgehead atoms. The molecule has 2 aromatic carbocycles. The molecule has 8 heteroatoms. The third-order valence-electron chi connectivity index (χ3n) is 5.81. The molecule has 1 aliphatic heterocycles. The van der Waals surface area contributed by atoms with Crippen LogP contribution in [0.3, 0.4) is 0 Å². The van der Waals surface area contributed by atoms with Gasteiger partial charge in [-0.05, 0) is 28.7 Å². The predicted octanol–water partition coefficient (Wildman–Crippen LogP) is 4.95. The molecule has 0 radical (unpaired) electrons. The largest absolute Gasteiger partial charge is 0.486 e. The SMILES string of the molecule is C=CCn1c(SCC(=O)N(C)Cc2ccc3c(c2)OCCO3)nnc1-c1ccc(C(C)(C)C)cc1. The van der Waals surface area contributed by atoms with E-state index in [1.807, 2.05) is 28.8 Å². The van der Waals surface area contributed by atoms with Crippen LogP contribution in [0.5, 0.6) is 11.5 Å². The molecule has 0 spiro atoms. The lowest BCUT2D eigenvalue weighted by atomic mass is 9.87. The second-order valence-electron chi connectivity index (χ2n) is 9.55. The van der Waals surface area contributed by atoms with Crippen LogP contribution in [0.1, 0.15) is 31.9 Å². The van der Waals surface area contributed by atoms with Crippen molar-refractivity contribution in [1.29, 1.82) is 0 Å². The summed E-state index contributed by atoms with van der Waals surface area (Å²) in [5.74, 6) is 2.51. The topological polar surface area (TPSA) is 69.5 Å². The molecule has 1 aliphatic rings. The number of amides is 1. The zero-order chi connectivity index (χ0) is 25.0. The van der Waals surface area contributed by atoms with E-state index in [0.29, 0.717) is 31.5 Å². The van der Waals surface area contributed by atoms with Crippen LogP contribution in [0.2, 0.25) is 0 Å². The van der Waals surface area contributed by atoms with Crippen molar-refractivity contribution in [3.63, 3.8) is 0 Å². The van der Waals surface area contributed by atoms with Gasteiger partial charge in [-0.2, -0.15) is 0 Å². The highest BCUT2D eigenvalue weighted by molar-refractivity contribution is 7.99. The van der Waals surface area contributed by atoms with E-state index in [-0.39, 0.29) is 17.1 Å². The summed E-state index contributed by atoms with van der Waals surface area (Å²) in [6.07, 6.45) is 1.82. The molecule has 0 atom stereocenters. The maximum Gasteiger partial charge on any atom is 0.233 e. The molecule has 7 nitrogen and oxygen atoms in total. The van der Waals surface area contributed by atoms with Crippen molar-refractivity contribution in [1.82, 2.24) is 19.7 Å². The second kappa shape index (κ2) is 10.6. The monoisotopic (exact) mass is 492 g/mol. The van der Waals surface area contributed by atoms with Gasteiger partial charge in [0.2, 0.25) is 5.91 Å². The first-order valence-corrected chi connectivity index (χ1v) is 12.6. The van der Waals surface area contributed by atoms with E-state index >= 15 is 0 Å². The minimum absolute atomic E-state index is 0.00845. The van der Waals surface area contributed by atoms with Gasteiger partial charge in [-0.3, -0.25) is 9.36 Å². The lowest BCUT2D eigenvalue weighted by Gasteiger charge is -2.21. The normalized spacial score (nSPS) is 12.9. The van der Waals surface area contributed by atoms with E-state index in [1.54, 1.807) is 11.9 Å². The van der Waals surface area contributed by atoms with Crippen LogP contribution in [0.4, 0.5) is 0 Å². The summed E-state index contributed by atoms with van der Waals surface area (Å²) in [7, 11) is 1.80. The van der Waals surface area contributed by atoms with Crippen molar-refractivity contribution in [2.45, 2.75) is 44.4 Å². The molecule has 0 saturated carbocycles. The second-order valence-corrected chi connectivity index (χ2v) is 10.5. The van der Waals surface area contributed by atoms with Gasteiger partial charge >= 0.3 is 0 Å². The molecule has 0 saturated heterocycles. The Bertz CT molecular complexity index is 1200. The van der Waals surface area contributed by atoms with Gasteiger partial charge in [0, 0.05) is 25.7 Å². The van der Waals surface area contributed by atoms with Gasteiger partial charge in [0.1, 0.15) is 13.2 Å². The maximum atomic E-state index is 12.9. The zero-order valence-corrected chi connectivity index (χ0v) is 21.6. The summed E-state index contributed by atoms with van der Waals surface area (Å²) in [5.41, 5.74) is 3.32. The van der Waals surface area contributed by atoms with E-state index < -0.39 is 0 Å². The number of carbonyl (C=O) groups excluding carboxylic acids is 1. The summed E-state index contributed by atoms with van der Waals surface area (Å²) in [6.45, 7) is 12.6. The first kappa shape index (κ1) is 24.9. The van der Waals surface area contributed by atoms with Crippen LogP contribution in [-0.4, -0.2) is 51.6 Å². The fourth-order valence-electron chi connectivity index (χ4n) is 3.81. The van der Waals surface area contributed by atoms with Gasteiger partial charge in [0.05, 0.1) is 5.75 Å².